The summed E-state index contributed by atoms with van der Waals surface area (Å²) in [6, 6.07) is 20.6. The molecule has 0 aliphatic rings. The van der Waals surface area contributed by atoms with Crippen LogP contribution in [0.4, 0.5) is 0 Å². The monoisotopic (exact) mass is 438 g/mol. The van der Waals surface area contributed by atoms with E-state index < -0.39 is 0 Å². The van der Waals surface area contributed by atoms with E-state index in [9.17, 15) is 9.59 Å². The van der Waals surface area contributed by atoms with Gasteiger partial charge in [0.1, 0.15) is 0 Å². The van der Waals surface area contributed by atoms with Crippen molar-refractivity contribution < 1.29 is 0 Å². The van der Waals surface area contributed by atoms with Crippen LogP contribution in [0.1, 0.15) is 0 Å². The SMILES string of the molecule is O=c1ccc(-c2ccc(Cl)cc2)nn1CCn1nc(-c2ccc(Cl)cc2)ccc1=O. The lowest BCUT2D eigenvalue weighted by molar-refractivity contribution is 0.470. The summed E-state index contributed by atoms with van der Waals surface area (Å²) in [6.45, 7) is 0.411. The second-order valence-corrected chi connectivity index (χ2v) is 7.45. The second-order valence-electron chi connectivity index (χ2n) is 6.57. The number of nitrogens with zero attached hydrogens (tertiary/aromatic N) is 4. The molecule has 2 aromatic heterocycles. The number of halogens is 2. The first-order valence-electron chi connectivity index (χ1n) is 9.18. The third-order valence-electron chi connectivity index (χ3n) is 4.54. The van der Waals surface area contributed by atoms with Gasteiger partial charge in [0.2, 0.25) is 0 Å². The highest BCUT2D eigenvalue weighted by Gasteiger charge is 2.07. The molecule has 0 bridgehead atoms. The lowest BCUT2D eigenvalue weighted by Gasteiger charge is -2.10. The third-order valence-corrected chi connectivity index (χ3v) is 5.04. The van der Waals surface area contributed by atoms with Gasteiger partial charge < -0.3 is 0 Å². The van der Waals surface area contributed by atoms with Crippen LogP contribution in [-0.4, -0.2) is 19.6 Å². The first kappa shape index (κ1) is 20.1. The number of hydrogen-bond donors (Lipinski definition) is 0. The van der Waals surface area contributed by atoms with Crippen LogP contribution in [-0.2, 0) is 13.1 Å². The minimum atomic E-state index is -0.255. The largest absolute Gasteiger partial charge is 0.268 e. The van der Waals surface area contributed by atoms with Gasteiger partial charge in [0.25, 0.3) is 11.1 Å². The molecule has 0 atom stereocenters. The van der Waals surface area contributed by atoms with Gasteiger partial charge in [-0.1, -0.05) is 47.5 Å². The number of hydrogen-bond acceptors (Lipinski definition) is 4. The third kappa shape index (κ3) is 4.50. The van der Waals surface area contributed by atoms with Gasteiger partial charge in [0, 0.05) is 33.3 Å². The normalized spacial score (nSPS) is 10.9. The summed E-state index contributed by atoms with van der Waals surface area (Å²) < 4.78 is 2.65. The summed E-state index contributed by atoms with van der Waals surface area (Å²) in [6.07, 6.45) is 0. The number of aromatic nitrogens is 4. The predicted octanol–water partition coefficient (Wildman–Crippen LogP) is 4.14. The molecular weight excluding hydrogens is 423 g/mol. The minimum absolute atomic E-state index is 0.206. The van der Waals surface area contributed by atoms with Gasteiger partial charge in [-0.25, -0.2) is 9.36 Å². The Morgan fingerprint density at radius 1 is 0.567 bits per heavy atom. The van der Waals surface area contributed by atoms with E-state index in [1.807, 2.05) is 24.3 Å². The molecule has 4 rings (SSSR count). The highest BCUT2D eigenvalue weighted by Crippen LogP contribution is 2.19. The zero-order chi connectivity index (χ0) is 21.1. The quantitative estimate of drug-likeness (QED) is 0.469. The summed E-state index contributed by atoms with van der Waals surface area (Å²) in [5.74, 6) is 0. The Bertz CT molecular complexity index is 1190. The summed E-state index contributed by atoms with van der Waals surface area (Å²) >= 11 is 11.9. The van der Waals surface area contributed by atoms with Gasteiger partial charge >= 0.3 is 0 Å². The Morgan fingerprint density at radius 3 is 1.30 bits per heavy atom. The van der Waals surface area contributed by atoms with Crippen LogP contribution >= 0.6 is 23.2 Å². The fraction of sp³-hybridized carbons (Fsp3) is 0.0909. The van der Waals surface area contributed by atoms with Crippen LogP contribution in [0.3, 0.4) is 0 Å². The summed E-state index contributed by atoms with van der Waals surface area (Å²) in [4.78, 5) is 24.5. The van der Waals surface area contributed by atoms with Crippen LogP contribution in [0.25, 0.3) is 22.5 Å². The smallest absolute Gasteiger partial charge is 0.266 e. The van der Waals surface area contributed by atoms with E-state index in [0.717, 1.165) is 11.1 Å². The van der Waals surface area contributed by atoms with Gasteiger partial charge in [-0.05, 0) is 36.4 Å². The molecule has 2 heterocycles. The van der Waals surface area contributed by atoms with Crippen molar-refractivity contribution in [2.45, 2.75) is 13.1 Å². The van der Waals surface area contributed by atoms with Crippen molar-refractivity contribution in [3.63, 3.8) is 0 Å². The first-order valence-corrected chi connectivity index (χ1v) is 9.93. The second kappa shape index (κ2) is 8.65. The van der Waals surface area contributed by atoms with Gasteiger partial charge in [-0.3, -0.25) is 9.59 Å². The molecule has 0 aliphatic carbocycles. The van der Waals surface area contributed by atoms with Gasteiger partial charge in [0.15, 0.2) is 0 Å². The topological polar surface area (TPSA) is 69.8 Å². The molecule has 0 saturated heterocycles. The molecule has 0 saturated carbocycles. The summed E-state index contributed by atoms with van der Waals surface area (Å²) in [7, 11) is 0. The van der Waals surface area contributed by atoms with Crippen LogP contribution in [0.5, 0.6) is 0 Å². The molecule has 30 heavy (non-hydrogen) atoms. The van der Waals surface area contributed by atoms with E-state index in [4.69, 9.17) is 23.2 Å². The van der Waals surface area contributed by atoms with E-state index in [1.54, 1.807) is 36.4 Å². The van der Waals surface area contributed by atoms with Crippen molar-refractivity contribution in [2.24, 2.45) is 0 Å². The van der Waals surface area contributed by atoms with Crippen LogP contribution in [0.15, 0.2) is 82.4 Å². The average Bonchev–Trinajstić information content (AvgIpc) is 2.75. The van der Waals surface area contributed by atoms with E-state index in [0.29, 0.717) is 21.4 Å². The maximum Gasteiger partial charge on any atom is 0.266 e. The van der Waals surface area contributed by atoms with E-state index in [1.165, 1.54) is 21.5 Å². The maximum atomic E-state index is 12.2. The molecule has 0 N–H and O–H groups in total. The predicted molar refractivity (Wildman–Crippen MR) is 118 cm³/mol. The highest BCUT2D eigenvalue weighted by molar-refractivity contribution is 6.30. The van der Waals surface area contributed by atoms with Crippen molar-refractivity contribution in [2.75, 3.05) is 0 Å². The summed E-state index contributed by atoms with van der Waals surface area (Å²) in [5, 5.41) is 10.1. The van der Waals surface area contributed by atoms with Crippen molar-refractivity contribution in [3.05, 3.63) is 104 Å². The zero-order valence-electron chi connectivity index (χ0n) is 15.7. The molecule has 0 radical (unpaired) electrons. The molecule has 0 amide bonds. The maximum absolute atomic E-state index is 12.2. The number of benzene rings is 2. The highest BCUT2D eigenvalue weighted by atomic mass is 35.5. The minimum Gasteiger partial charge on any atom is -0.268 e. The number of aryl methyl sites for hydroxylation is 2. The Balaban J connectivity index is 1.59. The Morgan fingerprint density at radius 2 is 0.933 bits per heavy atom. The molecule has 0 fully saturated rings. The van der Waals surface area contributed by atoms with E-state index >= 15 is 0 Å². The Hall–Kier alpha value is -3.22. The molecule has 6 nitrogen and oxygen atoms in total. The van der Waals surface area contributed by atoms with Crippen molar-refractivity contribution in [1.82, 2.24) is 19.6 Å². The van der Waals surface area contributed by atoms with Crippen LogP contribution in [0, 0.1) is 0 Å². The Labute approximate surface area is 181 Å². The molecule has 0 aliphatic heterocycles. The van der Waals surface area contributed by atoms with Gasteiger partial charge in [-0.15, -0.1) is 0 Å². The van der Waals surface area contributed by atoms with Crippen molar-refractivity contribution in [1.29, 1.82) is 0 Å². The lowest BCUT2D eigenvalue weighted by Crippen LogP contribution is -2.29. The average molecular weight is 439 g/mol. The van der Waals surface area contributed by atoms with Crippen LogP contribution in [0.2, 0.25) is 10.0 Å². The molecule has 0 unspecified atom stereocenters. The van der Waals surface area contributed by atoms with Crippen LogP contribution < -0.4 is 11.1 Å². The lowest BCUT2D eigenvalue weighted by atomic mass is 10.1. The van der Waals surface area contributed by atoms with Gasteiger partial charge in [0.05, 0.1) is 24.5 Å². The van der Waals surface area contributed by atoms with E-state index in [-0.39, 0.29) is 24.2 Å². The standard InChI is InChI=1S/C22H16Cl2N4O2/c23-17-5-1-15(2-6-17)19-9-11-21(29)27(25-19)13-14-28-22(30)12-10-20(26-28)16-3-7-18(24)8-4-16/h1-12H,13-14H2. The molecular formula is C22H16Cl2N4O2. The zero-order valence-corrected chi connectivity index (χ0v) is 17.2. The molecule has 4 aromatic rings. The molecule has 0 spiro atoms. The number of rotatable bonds is 5. The molecule has 8 heteroatoms. The Kier molecular flexibility index (Phi) is 5.79. The molecule has 150 valence electrons. The first-order chi connectivity index (χ1) is 14.5. The fourth-order valence-electron chi connectivity index (χ4n) is 2.96. The van der Waals surface area contributed by atoms with E-state index in [2.05, 4.69) is 10.2 Å². The molecule has 2 aromatic carbocycles. The van der Waals surface area contributed by atoms with Crippen molar-refractivity contribution in [3.8, 4) is 22.5 Å². The fourth-order valence-corrected chi connectivity index (χ4v) is 3.21. The summed E-state index contributed by atoms with van der Waals surface area (Å²) in [5.41, 5.74) is 2.45. The van der Waals surface area contributed by atoms with Gasteiger partial charge in [-0.2, -0.15) is 10.2 Å². The van der Waals surface area contributed by atoms with Crippen molar-refractivity contribution >= 4 is 23.2 Å².